The molecule has 0 saturated carbocycles. The second-order valence-electron chi connectivity index (χ2n) is 5.04. The average molecular weight is 248 g/mol. The molecular weight excluding hydrogens is 224 g/mol. The third-order valence-corrected chi connectivity index (χ3v) is 3.77. The standard InChI is InChI=1S/C14H24N4/c1-4-13-7-6-11(3)18(13)14-10-16-12(9-17-14)8-15-5-2/h9-11,13,15H,4-8H2,1-3H3. The summed E-state index contributed by atoms with van der Waals surface area (Å²) >= 11 is 0. The Balaban J connectivity index is 2.08. The number of anilines is 1. The molecule has 2 atom stereocenters. The first-order valence-electron chi connectivity index (χ1n) is 7.06. The van der Waals surface area contributed by atoms with Crippen molar-refractivity contribution in [3.63, 3.8) is 0 Å². The van der Waals surface area contributed by atoms with Gasteiger partial charge in [-0.3, -0.25) is 4.98 Å². The normalized spacial score (nSPS) is 23.6. The number of rotatable bonds is 5. The lowest BCUT2D eigenvalue weighted by Gasteiger charge is -2.28. The van der Waals surface area contributed by atoms with E-state index in [2.05, 4.69) is 41.0 Å². The molecule has 0 bridgehead atoms. The van der Waals surface area contributed by atoms with Crippen molar-refractivity contribution in [2.24, 2.45) is 0 Å². The molecule has 4 nitrogen and oxygen atoms in total. The van der Waals surface area contributed by atoms with E-state index in [1.165, 1.54) is 19.3 Å². The molecule has 1 aliphatic rings. The number of hydrogen-bond acceptors (Lipinski definition) is 4. The summed E-state index contributed by atoms with van der Waals surface area (Å²) in [4.78, 5) is 11.5. The minimum Gasteiger partial charge on any atom is -0.350 e. The van der Waals surface area contributed by atoms with E-state index in [9.17, 15) is 0 Å². The molecule has 0 radical (unpaired) electrons. The number of hydrogen-bond donors (Lipinski definition) is 1. The fourth-order valence-corrected chi connectivity index (χ4v) is 2.71. The van der Waals surface area contributed by atoms with Crippen LogP contribution in [0.25, 0.3) is 0 Å². The van der Waals surface area contributed by atoms with Crippen molar-refractivity contribution in [3.8, 4) is 0 Å². The summed E-state index contributed by atoms with van der Waals surface area (Å²) in [5.74, 6) is 1.03. The van der Waals surface area contributed by atoms with Crippen LogP contribution in [0.5, 0.6) is 0 Å². The highest BCUT2D eigenvalue weighted by Crippen LogP contribution is 2.30. The molecule has 0 aromatic carbocycles. The van der Waals surface area contributed by atoms with Crippen molar-refractivity contribution in [2.45, 2.75) is 58.7 Å². The average Bonchev–Trinajstić information content (AvgIpc) is 2.78. The molecule has 1 saturated heterocycles. The van der Waals surface area contributed by atoms with Crippen molar-refractivity contribution in [1.82, 2.24) is 15.3 Å². The first-order chi connectivity index (χ1) is 8.76. The minimum absolute atomic E-state index is 0.587. The Morgan fingerprint density at radius 1 is 1.28 bits per heavy atom. The van der Waals surface area contributed by atoms with Crippen molar-refractivity contribution in [2.75, 3.05) is 11.4 Å². The first-order valence-corrected chi connectivity index (χ1v) is 7.06. The van der Waals surface area contributed by atoms with Crippen molar-refractivity contribution in [3.05, 3.63) is 18.1 Å². The molecule has 100 valence electrons. The Hall–Kier alpha value is -1.16. The maximum Gasteiger partial charge on any atom is 0.147 e. The summed E-state index contributed by atoms with van der Waals surface area (Å²) < 4.78 is 0. The molecule has 2 rings (SSSR count). The molecule has 4 heteroatoms. The molecule has 18 heavy (non-hydrogen) atoms. The maximum absolute atomic E-state index is 4.59. The first kappa shape index (κ1) is 13.3. The highest BCUT2D eigenvalue weighted by atomic mass is 15.3. The van der Waals surface area contributed by atoms with E-state index in [1.54, 1.807) is 0 Å². The quantitative estimate of drug-likeness (QED) is 0.868. The third-order valence-electron chi connectivity index (χ3n) is 3.77. The van der Waals surface area contributed by atoms with Gasteiger partial charge in [-0.05, 0) is 32.7 Å². The van der Waals surface area contributed by atoms with E-state index in [0.29, 0.717) is 12.1 Å². The molecule has 2 heterocycles. The lowest BCUT2D eigenvalue weighted by Crippen LogP contribution is -2.34. The topological polar surface area (TPSA) is 41.1 Å². The fraction of sp³-hybridized carbons (Fsp3) is 0.714. The third kappa shape index (κ3) is 2.80. The number of aromatic nitrogens is 2. The zero-order valence-electron chi connectivity index (χ0n) is 11.7. The predicted molar refractivity (Wildman–Crippen MR) is 74.7 cm³/mol. The molecular formula is C14H24N4. The Kier molecular flexibility index (Phi) is 4.53. The predicted octanol–water partition coefficient (Wildman–Crippen LogP) is 2.35. The van der Waals surface area contributed by atoms with Crippen molar-refractivity contribution >= 4 is 5.82 Å². The van der Waals surface area contributed by atoms with Gasteiger partial charge < -0.3 is 10.2 Å². The highest BCUT2D eigenvalue weighted by Gasteiger charge is 2.30. The fourth-order valence-electron chi connectivity index (χ4n) is 2.71. The monoisotopic (exact) mass is 248 g/mol. The van der Waals surface area contributed by atoms with Crippen LogP contribution in [0.15, 0.2) is 12.4 Å². The van der Waals surface area contributed by atoms with E-state index in [0.717, 1.165) is 24.6 Å². The zero-order chi connectivity index (χ0) is 13.0. The van der Waals surface area contributed by atoms with E-state index < -0.39 is 0 Å². The molecule has 0 aliphatic carbocycles. The molecule has 0 amide bonds. The molecule has 1 fully saturated rings. The summed E-state index contributed by atoms with van der Waals surface area (Å²) in [6.45, 7) is 8.40. The van der Waals surface area contributed by atoms with Crippen molar-refractivity contribution in [1.29, 1.82) is 0 Å². The van der Waals surface area contributed by atoms with Crippen LogP contribution < -0.4 is 10.2 Å². The molecule has 0 spiro atoms. The summed E-state index contributed by atoms with van der Waals surface area (Å²) in [7, 11) is 0. The lowest BCUT2D eigenvalue weighted by molar-refractivity contribution is 0.618. The molecule has 2 unspecified atom stereocenters. The van der Waals surface area contributed by atoms with E-state index in [1.807, 2.05) is 12.4 Å². The van der Waals surface area contributed by atoms with Crippen LogP contribution in [-0.4, -0.2) is 28.6 Å². The van der Waals surface area contributed by atoms with Crippen LogP contribution in [0.2, 0.25) is 0 Å². The lowest BCUT2D eigenvalue weighted by atomic mass is 10.1. The van der Waals surface area contributed by atoms with Gasteiger partial charge >= 0.3 is 0 Å². The van der Waals surface area contributed by atoms with Gasteiger partial charge in [-0.1, -0.05) is 13.8 Å². The van der Waals surface area contributed by atoms with Crippen LogP contribution in [0.4, 0.5) is 5.82 Å². The summed E-state index contributed by atoms with van der Waals surface area (Å²) in [5, 5.41) is 3.27. The Morgan fingerprint density at radius 3 is 2.72 bits per heavy atom. The van der Waals surface area contributed by atoms with Gasteiger partial charge in [-0.25, -0.2) is 4.98 Å². The molecule has 1 N–H and O–H groups in total. The van der Waals surface area contributed by atoms with Gasteiger partial charge in [0.25, 0.3) is 0 Å². The molecule has 1 aromatic heterocycles. The summed E-state index contributed by atoms with van der Waals surface area (Å²) in [6, 6.07) is 1.22. The largest absolute Gasteiger partial charge is 0.350 e. The van der Waals surface area contributed by atoms with Gasteiger partial charge in [0, 0.05) is 18.6 Å². The van der Waals surface area contributed by atoms with Crippen LogP contribution in [0.1, 0.15) is 45.7 Å². The van der Waals surface area contributed by atoms with Gasteiger partial charge in [0.05, 0.1) is 18.1 Å². The van der Waals surface area contributed by atoms with Gasteiger partial charge in [0.15, 0.2) is 0 Å². The minimum atomic E-state index is 0.587. The van der Waals surface area contributed by atoms with E-state index in [4.69, 9.17) is 0 Å². The van der Waals surface area contributed by atoms with Crippen LogP contribution in [0.3, 0.4) is 0 Å². The van der Waals surface area contributed by atoms with Gasteiger partial charge in [0.1, 0.15) is 5.82 Å². The zero-order valence-corrected chi connectivity index (χ0v) is 11.7. The second-order valence-corrected chi connectivity index (χ2v) is 5.04. The van der Waals surface area contributed by atoms with E-state index >= 15 is 0 Å². The van der Waals surface area contributed by atoms with Gasteiger partial charge in [-0.15, -0.1) is 0 Å². The number of nitrogens with zero attached hydrogens (tertiary/aromatic N) is 3. The summed E-state index contributed by atoms with van der Waals surface area (Å²) in [5.41, 5.74) is 1.01. The molecule has 1 aromatic rings. The van der Waals surface area contributed by atoms with E-state index in [-0.39, 0.29) is 0 Å². The second kappa shape index (κ2) is 6.14. The van der Waals surface area contributed by atoms with Gasteiger partial charge in [-0.2, -0.15) is 0 Å². The highest BCUT2D eigenvalue weighted by molar-refractivity contribution is 5.40. The maximum atomic E-state index is 4.59. The summed E-state index contributed by atoms with van der Waals surface area (Å²) in [6.07, 6.45) is 7.55. The SMILES string of the molecule is CCNCc1cnc(N2C(C)CCC2CC)cn1. The Labute approximate surface area is 110 Å². The Morgan fingerprint density at radius 2 is 2.11 bits per heavy atom. The van der Waals surface area contributed by atoms with Crippen LogP contribution >= 0.6 is 0 Å². The smallest absolute Gasteiger partial charge is 0.147 e. The number of nitrogens with one attached hydrogen (secondary N) is 1. The molecule has 1 aliphatic heterocycles. The Bertz CT molecular complexity index is 363. The van der Waals surface area contributed by atoms with Gasteiger partial charge in [0.2, 0.25) is 0 Å². The van der Waals surface area contributed by atoms with Crippen molar-refractivity contribution < 1.29 is 0 Å². The van der Waals surface area contributed by atoms with Crippen LogP contribution in [0, 0.1) is 0 Å². The van der Waals surface area contributed by atoms with Crippen LogP contribution in [-0.2, 0) is 6.54 Å².